The van der Waals surface area contributed by atoms with Gasteiger partial charge in [-0.15, -0.1) is 0 Å². The van der Waals surface area contributed by atoms with Gasteiger partial charge in [-0.25, -0.2) is 9.78 Å². The van der Waals surface area contributed by atoms with Crippen molar-refractivity contribution in [2.45, 2.75) is 20.4 Å². The molecule has 0 saturated heterocycles. The minimum Gasteiger partial charge on any atom is -0.497 e. The number of carbonyl (C=O) groups excluding carboxylic acids is 2. The van der Waals surface area contributed by atoms with Gasteiger partial charge in [0, 0.05) is 6.07 Å². The average Bonchev–Trinajstić information content (AvgIpc) is 3.07. The zero-order valence-electron chi connectivity index (χ0n) is 17.0. The monoisotopic (exact) mass is 415 g/mol. The van der Waals surface area contributed by atoms with Gasteiger partial charge in [0.2, 0.25) is 11.6 Å². The molecule has 3 aromatic rings. The number of aryl methyl sites for hydroxylation is 1. The fraction of sp³-hybridized carbons (Fsp3) is 0.300. The highest BCUT2D eigenvalue weighted by atomic mass is 16.5. The Hall–Kier alpha value is -3.82. The van der Waals surface area contributed by atoms with E-state index in [9.17, 15) is 14.4 Å². The van der Waals surface area contributed by atoms with Gasteiger partial charge in [-0.2, -0.15) is 0 Å². The summed E-state index contributed by atoms with van der Waals surface area (Å²) in [5, 5.41) is 2.65. The molecule has 30 heavy (non-hydrogen) atoms. The van der Waals surface area contributed by atoms with Gasteiger partial charge in [0.25, 0.3) is 5.56 Å². The molecule has 1 aromatic carbocycles. The van der Waals surface area contributed by atoms with Crippen LogP contribution in [0.2, 0.25) is 0 Å². The highest BCUT2D eigenvalue weighted by molar-refractivity contribution is 6.03. The maximum Gasteiger partial charge on any atom is 0.342 e. The van der Waals surface area contributed by atoms with Crippen LogP contribution in [-0.4, -0.2) is 42.3 Å². The first-order valence-corrected chi connectivity index (χ1v) is 9.07. The molecular formula is C20H21N3O7. The summed E-state index contributed by atoms with van der Waals surface area (Å²) in [7, 11) is 2.97. The maximum atomic E-state index is 12.9. The van der Waals surface area contributed by atoms with E-state index >= 15 is 0 Å². The van der Waals surface area contributed by atoms with E-state index in [1.54, 1.807) is 32.0 Å². The van der Waals surface area contributed by atoms with Crippen molar-refractivity contribution < 1.29 is 28.2 Å². The van der Waals surface area contributed by atoms with Crippen LogP contribution < -0.4 is 20.3 Å². The number of esters is 1. The molecule has 0 aliphatic carbocycles. The predicted molar refractivity (Wildman–Crippen MR) is 107 cm³/mol. The highest BCUT2D eigenvalue weighted by Gasteiger charge is 2.24. The molecule has 1 N–H and O–H groups in total. The van der Waals surface area contributed by atoms with Crippen molar-refractivity contribution in [1.82, 2.24) is 9.55 Å². The number of fused-ring (bicyclic) bond motifs is 1. The molecule has 2 heterocycles. The Labute approximate surface area is 171 Å². The van der Waals surface area contributed by atoms with Gasteiger partial charge in [-0.3, -0.25) is 14.2 Å². The number of hydrogen-bond acceptors (Lipinski definition) is 8. The molecule has 3 rings (SSSR count). The van der Waals surface area contributed by atoms with E-state index in [1.807, 2.05) is 0 Å². The second-order valence-corrected chi connectivity index (χ2v) is 6.23. The van der Waals surface area contributed by atoms with Gasteiger partial charge >= 0.3 is 5.97 Å². The molecule has 0 aliphatic rings. The number of methoxy groups -OCH3 is 2. The van der Waals surface area contributed by atoms with Gasteiger partial charge < -0.3 is 23.9 Å². The Morgan fingerprint density at radius 2 is 2.00 bits per heavy atom. The number of nitrogens with zero attached hydrogens (tertiary/aromatic N) is 2. The Kier molecular flexibility index (Phi) is 6.05. The SMILES string of the molecule is CCOC(=O)c1c(C)oc2ncn(CC(=O)Nc3cc(OC)ccc3OC)c(=O)c12. The summed E-state index contributed by atoms with van der Waals surface area (Å²) in [5.41, 5.74) is -0.191. The van der Waals surface area contributed by atoms with Crippen molar-refractivity contribution in [1.29, 1.82) is 0 Å². The molecule has 158 valence electrons. The summed E-state index contributed by atoms with van der Waals surface area (Å²) in [4.78, 5) is 41.8. The molecule has 0 spiro atoms. The summed E-state index contributed by atoms with van der Waals surface area (Å²) in [6.45, 7) is 3.00. The standard InChI is InChI=1S/C20H21N3O7/c1-5-29-20(26)16-11(2)30-18-17(16)19(25)23(10-21-18)9-15(24)22-13-8-12(27-3)6-7-14(13)28-4/h6-8,10H,5,9H2,1-4H3,(H,22,24). The third-order valence-corrected chi connectivity index (χ3v) is 4.33. The Balaban J connectivity index is 1.92. The first kappa shape index (κ1) is 20.9. The molecule has 0 aliphatic heterocycles. The molecule has 0 radical (unpaired) electrons. The second kappa shape index (κ2) is 8.68. The fourth-order valence-electron chi connectivity index (χ4n) is 2.96. The van der Waals surface area contributed by atoms with Crippen LogP contribution in [0.15, 0.2) is 33.7 Å². The fourth-order valence-corrected chi connectivity index (χ4v) is 2.96. The summed E-state index contributed by atoms with van der Waals surface area (Å²) in [6, 6.07) is 4.93. The third kappa shape index (κ3) is 3.97. The number of rotatable bonds is 7. The lowest BCUT2D eigenvalue weighted by Crippen LogP contribution is -2.28. The molecular weight excluding hydrogens is 394 g/mol. The van der Waals surface area contributed by atoms with Crippen molar-refractivity contribution in [2.75, 3.05) is 26.1 Å². The topological polar surface area (TPSA) is 122 Å². The average molecular weight is 415 g/mol. The minimum atomic E-state index is -0.684. The van der Waals surface area contributed by atoms with Crippen molar-refractivity contribution >= 4 is 28.7 Å². The third-order valence-electron chi connectivity index (χ3n) is 4.33. The van der Waals surface area contributed by atoms with E-state index in [0.29, 0.717) is 17.2 Å². The second-order valence-electron chi connectivity index (χ2n) is 6.23. The van der Waals surface area contributed by atoms with Crippen molar-refractivity contribution in [3.05, 3.63) is 46.2 Å². The van der Waals surface area contributed by atoms with E-state index < -0.39 is 17.4 Å². The van der Waals surface area contributed by atoms with Crippen LogP contribution in [0.1, 0.15) is 23.0 Å². The van der Waals surface area contributed by atoms with E-state index in [1.165, 1.54) is 20.5 Å². The smallest absolute Gasteiger partial charge is 0.342 e. The molecule has 0 saturated carbocycles. The summed E-state index contributed by atoms with van der Waals surface area (Å²) in [5.74, 6) is -0.00511. The molecule has 0 fully saturated rings. The number of benzene rings is 1. The Bertz CT molecular complexity index is 1160. The van der Waals surface area contributed by atoms with E-state index in [-0.39, 0.29) is 35.6 Å². The van der Waals surface area contributed by atoms with Gasteiger partial charge in [0.1, 0.15) is 41.1 Å². The molecule has 0 bridgehead atoms. The quantitative estimate of drug-likeness (QED) is 0.583. The van der Waals surface area contributed by atoms with Gasteiger partial charge in [-0.1, -0.05) is 0 Å². The minimum absolute atomic E-state index is 0.00618. The molecule has 1 amide bonds. The number of aromatic nitrogens is 2. The Morgan fingerprint density at radius 1 is 1.23 bits per heavy atom. The molecule has 2 aromatic heterocycles. The van der Waals surface area contributed by atoms with E-state index in [2.05, 4.69) is 10.3 Å². The molecule has 10 heteroatoms. The number of hydrogen-bond donors (Lipinski definition) is 1. The number of amides is 1. The van der Waals surface area contributed by atoms with Gasteiger partial charge in [0.05, 0.1) is 26.5 Å². The first-order chi connectivity index (χ1) is 14.4. The van der Waals surface area contributed by atoms with Gasteiger partial charge in [0.15, 0.2) is 0 Å². The summed E-state index contributed by atoms with van der Waals surface area (Å²) in [6.07, 6.45) is 1.19. The molecule has 10 nitrogen and oxygen atoms in total. The van der Waals surface area contributed by atoms with Crippen LogP contribution >= 0.6 is 0 Å². The summed E-state index contributed by atoms with van der Waals surface area (Å²) < 4.78 is 21.9. The number of nitrogens with one attached hydrogen (secondary N) is 1. The van der Waals surface area contributed by atoms with Crippen molar-refractivity contribution in [3.8, 4) is 11.5 Å². The molecule has 0 unspecified atom stereocenters. The predicted octanol–water partition coefficient (Wildman–Crippen LogP) is 2.13. The normalized spacial score (nSPS) is 10.7. The van der Waals surface area contributed by atoms with E-state index in [4.69, 9.17) is 18.6 Å². The highest BCUT2D eigenvalue weighted by Crippen LogP contribution is 2.29. The number of furan rings is 1. The summed E-state index contributed by atoms with van der Waals surface area (Å²) >= 11 is 0. The number of anilines is 1. The van der Waals surface area contributed by atoms with Crippen LogP contribution in [0.5, 0.6) is 11.5 Å². The van der Waals surface area contributed by atoms with Gasteiger partial charge in [-0.05, 0) is 26.0 Å². The van der Waals surface area contributed by atoms with Crippen molar-refractivity contribution in [2.24, 2.45) is 0 Å². The zero-order valence-corrected chi connectivity index (χ0v) is 17.0. The Morgan fingerprint density at radius 3 is 2.67 bits per heavy atom. The number of carbonyl (C=O) groups is 2. The maximum absolute atomic E-state index is 12.9. The lowest BCUT2D eigenvalue weighted by molar-refractivity contribution is -0.116. The van der Waals surface area contributed by atoms with Crippen LogP contribution in [0, 0.1) is 6.92 Å². The lowest BCUT2D eigenvalue weighted by Gasteiger charge is -2.12. The zero-order chi connectivity index (χ0) is 21.8. The van der Waals surface area contributed by atoms with Crippen LogP contribution in [0.25, 0.3) is 11.1 Å². The number of ether oxygens (including phenoxy) is 3. The molecule has 0 atom stereocenters. The van der Waals surface area contributed by atoms with Crippen LogP contribution in [0.3, 0.4) is 0 Å². The van der Waals surface area contributed by atoms with Crippen molar-refractivity contribution in [3.63, 3.8) is 0 Å². The lowest BCUT2D eigenvalue weighted by atomic mass is 10.2. The largest absolute Gasteiger partial charge is 0.497 e. The first-order valence-electron chi connectivity index (χ1n) is 9.07. The van der Waals surface area contributed by atoms with Crippen LogP contribution in [-0.2, 0) is 16.1 Å². The van der Waals surface area contributed by atoms with Crippen LogP contribution in [0.4, 0.5) is 5.69 Å². The van der Waals surface area contributed by atoms with E-state index in [0.717, 1.165) is 4.57 Å².